The van der Waals surface area contributed by atoms with Crippen molar-refractivity contribution in [2.45, 2.75) is 57.9 Å². The lowest BCUT2D eigenvalue weighted by molar-refractivity contribution is -0.142. The Labute approximate surface area is 174 Å². The number of hydrogen-bond acceptors (Lipinski definition) is 4. The molecule has 2 amide bonds. The number of rotatable bonds is 7. The first-order chi connectivity index (χ1) is 13.5. The van der Waals surface area contributed by atoms with Gasteiger partial charge in [0.2, 0.25) is 21.8 Å². The maximum absolute atomic E-state index is 12.6. The highest BCUT2D eigenvalue weighted by Gasteiger charge is 2.33. The van der Waals surface area contributed by atoms with Crippen LogP contribution in [0.4, 0.5) is 0 Å². The fourth-order valence-corrected chi connectivity index (χ4v) is 4.44. The molecular weight excluding hydrogens is 390 g/mol. The number of amides is 2. The van der Waals surface area contributed by atoms with Crippen LogP contribution in [0.3, 0.4) is 0 Å². The van der Waals surface area contributed by atoms with Crippen molar-refractivity contribution in [1.29, 1.82) is 0 Å². The highest BCUT2D eigenvalue weighted by atomic mass is 32.2. The van der Waals surface area contributed by atoms with Crippen molar-refractivity contribution < 1.29 is 18.0 Å². The minimum absolute atomic E-state index is 0.0679. The van der Waals surface area contributed by atoms with E-state index in [0.29, 0.717) is 19.5 Å². The molecule has 29 heavy (non-hydrogen) atoms. The number of sulfonamides is 1. The van der Waals surface area contributed by atoms with Crippen LogP contribution in [0.5, 0.6) is 0 Å². The lowest BCUT2D eigenvalue weighted by atomic mass is 9.91. The van der Waals surface area contributed by atoms with E-state index in [1.807, 2.05) is 27.7 Å². The van der Waals surface area contributed by atoms with Crippen molar-refractivity contribution in [3.63, 3.8) is 0 Å². The molecule has 0 aromatic heterocycles. The van der Waals surface area contributed by atoms with Crippen LogP contribution in [0.25, 0.3) is 0 Å². The van der Waals surface area contributed by atoms with Gasteiger partial charge in [-0.05, 0) is 38.3 Å². The summed E-state index contributed by atoms with van der Waals surface area (Å²) >= 11 is 0. The van der Waals surface area contributed by atoms with Gasteiger partial charge in [-0.3, -0.25) is 9.59 Å². The monoisotopic (exact) mass is 423 g/mol. The summed E-state index contributed by atoms with van der Waals surface area (Å²) in [5.41, 5.74) is -0.457. The first kappa shape index (κ1) is 23.3. The van der Waals surface area contributed by atoms with Gasteiger partial charge in [-0.25, -0.2) is 13.1 Å². The van der Waals surface area contributed by atoms with E-state index in [4.69, 9.17) is 0 Å². The first-order valence-electron chi connectivity index (χ1n) is 10.1. The molecule has 2 N–H and O–H groups in total. The lowest BCUT2D eigenvalue weighted by Crippen LogP contribution is -2.50. The molecule has 1 aliphatic heterocycles. The van der Waals surface area contributed by atoms with Crippen LogP contribution in [0, 0.1) is 11.3 Å². The van der Waals surface area contributed by atoms with Crippen molar-refractivity contribution in [2.75, 3.05) is 19.6 Å². The van der Waals surface area contributed by atoms with E-state index in [-0.39, 0.29) is 35.2 Å². The predicted octanol–water partition coefficient (Wildman–Crippen LogP) is 2.14. The summed E-state index contributed by atoms with van der Waals surface area (Å²) in [7, 11) is -3.54. The summed E-state index contributed by atoms with van der Waals surface area (Å²) in [6.45, 7) is 8.88. The molecule has 0 aliphatic carbocycles. The molecule has 162 valence electrons. The Morgan fingerprint density at radius 3 is 2.48 bits per heavy atom. The van der Waals surface area contributed by atoms with E-state index in [1.165, 1.54) is 0 Å². The average Bonchev–Trinajstić information content (AvgIpc) is 2.67. The molecule has 8 heteroatoms. The van der Waals surface area contributed by atoms with Gasteiger partial charge in [0.15, 0.2) is 0 Å². The standard InChI is InChI=1S/C21H33N3O4S/c1-16(12-13-22-29(27,28)18-10-6-5-7-11-18)23-19(25)17-9-8-14-24(15-17)20(26)21(2,3)4/h5-7,10-11,16-17,22H,8-9,12-15H2,1-4H3,(H,23,25)/t16-,17+/m0/s1. The van der Waals surface area contributed by atoms with E-state index in [1.54, 1.807) is 35.2 Å². The van der Waals surface area contributed by atoms with E-state index in [0.717, 1.165) is 12.8 Å². The zero-order valence-corrected chi connectivity index (χ0v) is 18.6. The summed E-state index contributed by atoms with van der Waals surface area (Å²) < 4.78 is 27.0. The second-order valence-corrected chi connectivity index (χ2v) is 10.5. The summed E-state index contributed by atoms with van der Waals surface area (Å²) in [5, 5.41) is 2.96. The second kappa shape index (κ2) is 9.71. The third-order valence-corrected chi connectivity index (χ3v) is 6.51. The molecule has 0 unspecified atom stereocenters. The first-order valence-corrected chi connectivity index (χ1v) is 11.6. The smallest absolute Gasteiger partial charge is 0.240 e. The summed E-state index contributed by atoms with van der Waals surface area (Å²) in [4.78, 5) is 27.1. The summed E-state index contributed by atoms with van der Waals surface area (Å²) in [5.74, 6) is -0.230. The Morgan fingerprint density at radius 2 is 1.86 bits per heavy atom. The summed E-state index contributed by atoms with van der Waals surface area (Å²) in [6.07, 6.45) is 2.05. The Bertz CT molecular complexity index is 803. The Hall–Kier alpha value is -1.93. The van der Waals surface area contributed by atoms with Gasteiger partial charge < -0.3 is 10.2 Å². The highest BCUT2D eigenvalue weighted by Crippen LogP contribution is 2.23. The average molecular weight is 424 g/mol. The van der Waals surface area contributed by atoms with Crippen molar-refractivity contribution in [3.05, 3.63) is 30.3 Å². The van der Waals surface area contributed by atoms with Crippen LogP contribution in [0.15, 0.2) is 35.2 Å². The third kappa shape index (κ3) is 6.82. The molecule has 1 fully saturated rings. The quantitative estimate of drug-likeness (QED) is 0.702. The van der Waals surface area contributed by atoms with E-state index < -0.39 is 15.4 Å². The molecule has 1 aliphatic rings. The van der Waals surface area contributed by atoms with Crippen LogP contribution >= 0.6 is 0 Å². The van der Waals surface area contributed by atoms with Crippen LogP contribution < -0.4 is 10.0 Å². The Balaban J connectivity index is 1.80. The Morgan fingerprint density at radius 1 is 1.21 bits per heavy atom. The number of nitrogens with one attached hydrogen (secondary N) is 2. The van der Waals surface area contributed by atoms with Crippen LogP contribution in [-0.4, -0.2) is 50.8 Å². The zero-order valence-electron chi connectivity index (χ0n) is 17.8. The van der Waals surface area contributed by atoms with Crippen molar-refractivity contribution in [2.24, 2.45) is 11.3 Å². The van der Waals surface area contributed by atoms with Gasteiger partial charge in [-0.2, -0.15) is 0 Å². The van der Waals surface area contributed by atoms with E-state index in [9.17, 15) is 18.0 Å². The number of carbonyl (C=O) groups is 2. The van der Waals surface area contributed by atoms with Gasteiger partial charge in [0.25, 0.3) is 0 Å². The van der Waals surface area contributed by atoms with E-state index >= 15 is 0 Å². The van der Waals surface area contributed by atoms with Crippen LogP contribution in [-0.2, 0) is 19.6 Å². The van der Waals surface area contributed by atoms with Gasteiger partial charge in [-0.1, -0.05) is 39.0 Å². The summed E-state index contributed by atoms with van der Waals surface area (Å²) in [6, 6.07) is 8.03. The predicted molar refractivity (Wildman–Crippen MR) is 113 cm³/mol. The minimum atomic E-state index is -3.54. The number of piperidine rings is 1. The number of hydrogen-bond donors (Lipinski definition) is 2. The maximum atomic E-state index is 12.6. The number of benzene rings is 1. The fourth-order valence-electron chi connectivity index (χ4n) is 3.38. The molecule has 7 nitrogen and oxygen atoms in total. The lowest BCUT2D eigenvalue weighted by Gasteiger charge is -2.36. The third-order valence-electron chi connectivity index (χ3n) is 5.03. The molecule has 0 radical (unpaired) electrons. The minimum Gasteiger partial charge on any atom is -0.353 e. The fraction of sp³-hybridized carbons (Fsp3) is 0.619. The molecule has 2 rings (SSSR count). The van der Waals surface area contributed by atoms with Crippen molar-refractivity contribution >= 4 is 21.8 Å². The Kier molecular flexibility index (Phi) is 7.82. The largest absolute Gasteiger partial charge is 0.353 e. The van der Waals surface area contributed by atoms with Gasteiger partial charge in [-0.15, -0.1) is 0 Å². The number of likely N-dealkylation sites (tertiary alicyclic amines) is 1. The molecule has 2 atom stereocenters. The van der Waals surface area contributed by atoms with Gasteiger partial charge in [0.1, 0.15) is 0 Å². The zero-order chi connectivity index (χ0) is 21.7. The van der Waals surface area contributed by atoms with Gasteiger partial charge in [0.05, 0.1) is 10.8 Å². The molecule has 1 aromatic carbocycles. The second-order valence-electron chi connectivity index (χ2n) is 8.75. The van der Waals surface area contributed by atoms with Gasteiger partial charge >= 0.3 is 0 Å². The molecule has 1 aromatic rings. The SMILES string of the molecule is C[C@@H](CCNS(=O)(=O)c1ccccc1)NC(=O)[C@@H]1CCCN(C(=O)C(C)(C)C)C1. The van der Waals surface area contributed by atoms with Crippen LogP contribution in [0.2, 0.25) is 0 Å². The van der Waals surface area contributed by atoms with E-state index in [2.05, 4.69) is 10.0 Å². The van der Waals surface area contributed by atoms with Crippen molar-refractivity contribution in [1.82, 2.24) is 14.9 Å². The molecular formula is C21H33N3O4S. The van der Waals surface area contributed by atoms with Crippen LogP contribution in [0.1, 0.15) is 47.0 Å². The highest BCUT2D eigenvalue weighted by molar-refractivity contribution is 7.89. The molecule has 0 bridgehead atoms. The molecule has 1 saturated heterocycles. The van der Waals surface area contributed by atoms with Crippen molar-refractivity contribution in [3.8, 4) is 0 Å². The molecule has 0 saturated carbocycles. The maximum Gasteiger partial charge on any atom is 0.240 e. The van der Waals surface area contributed by atoms with Gasteiger partial charge in [0, 0.05) is 31.1 Å². The number of nitrogens with zero attached hydrogens (tertiary/aromatic N) is 1. The topological polar surface area (TPSA) is 95.6 Å². The normalized spacial score (nSPS) is 18.9. The molecule has 0 spiro atoms. The number of carbonyl (C=O) groups excluding carboxylic acids is 2. The molecule has 1 heterocycles.